The van der Waals surface area contributed by atoms with Crippen LogP contribution in [0.4, 0.5) is 0 Å². The van der Waals surface area contributed by atoms with Crippen molar-refractivity contribution in [2.24, 2.45) is 0 Å². The number of nitrogens with one attached hydrogen (secondary N) is 1. The molecule has 0 spiro atoms. The van der Waals surface area contributed by atoms with Crippen molar-refractivity contribution in [3.8, 4) is 5.75 Å². The van der Waals surface area contributed by atoms with E-state index in [9.17, 15) is 4.79 Å². The number of rotatable bonds is 6. The smallest absolute Gasteiger partial charge is 0.258 e. The van der Waals surface area contributed by atoms with E-state index in [0.717, 1.165) is 16.5 Å². The van der Waals surface area contributed by atoms with E-state index in [1.165, 1.54) is 5.56 Å². The van der Waals surface area contributed by atoms with Gasteiger partial charge in [0.1, 0.15) is 5.75 Å². The summed E-state index contributed by atoms with van der Waals surface area (Å²) in [4.78, 5) is 12.0. The van der Waals surface area contributed by atoms with E-state index in [1.807, 2.05) is 55.5 Å². The molecule has 0 bridgehead atoms. The highest BCUT2D eigenvalue weighted by atomic mass is 79.9. The first-order valence-corrected chi connectivity index (χ1v) is 8.15. The molecule has 0 fully saturated rings. The van der Waals surface area contributed by atoms with Crippen molar-refractivity contribution in [3.05, 3.63) is 64.1 Å². The van der Waals surface area contributed by atoms with Gasteiger partial charge in [-0.3, -0.25) is 4.79 Å². The van der Waals surface area contributed by atoms with E-state index in [4.69, 9.17) is 4.74 Å². The summed E-state index contributed by atoms with van der Waals surface area (Å²) in [5, 5.41) is 2.93. The molecule has 2 rings (SSSR count). The molecule has 2 aromatic carbocycles. The van der Waals surface area contributed by atoms with Crippen LogP contribution >= 0.6 is 15.9 Å². The second-order valence-corrected chi connectivity index (χ2v) is 5.96. The minimum absolute atomic E-state index is 0.00124. The lowest BCUT2D eigenvalue weighted by molar-refractivity contribution is -0.123. The molecule has 3 nitrogen and oxygen atoms in total. The summed E-state index contributed by atoms with van der Waals surface area (Å²) in [6, 6.07) is 15.7. The SMILES string of the molecule is CCc1ccc(OCC(=O)N[C@@H](C)c2ccccc2)c(Br)c1. The highest BCUT2D eigenvalue weighted by molar-refractivity contribution is 9.10. The zero-order chi connectivity index (χ0) is 15.9. The van der Waals surface area contributed by atoms with Gasteiger partial charge in [0.2, 0.25) is 0 Å². The molecule has 0 heterocycles. The molecule has 0 aliphatic carbocycles. The van der Waals surface area contributed by atoms with Gasteiger partial charge in [-0.25, -0.2) is 0 Å². The molecule has 2 aromatic rings. The maximum Gasteiger partial charge on any atom is 0.258 e. The molecule has 0 aromatic heterocycles. The molecule has 1 atom stereocenters. The number of carbonyl (C=O) groups excluding carboxylic acids is 1. The number of ether oxygens (including phenoxy) is 1. The van der Waals surface area contributed by atoms with Crippen LogP contribution in [0.1, 0.15) is 31.0 Å². The normalized spacial score (nSPS) is 11.8. The summed E-state index contributed by atoms with van der Waals surface area (Å²) in [7, 11) is 0. The average molecular weight is 362 g/mol. The van der Waals surface area contributed by atoms with Gasteiger partial charge in [-0.15, -0.1) is 0 Å². The van der Waals surface area contributed by atoms with E-state index < -0.39 is 0 Å². The summed E-state index contributed by atoms with van der Waals surface area (Å²) >= 11 is 3.47. The molecule has 116 valence electrons. The van der Waals surface area contributed by atoms with Gasteiger partial charge in [0, 0.05) is 0 Å². The molecule has 0 aliphatic heterocycles. The highest BCUT2D eigenvalue weighted by Crippen LogP contribution is 2.26. The fraction of sp³-hybridized carbons (Fsp3) is 0.278. The van der Waals surface area contributed by atoms with Crippen molar-refractivity contribution in [2.75, 3.05) is 6.61 Å². The molecule has 1 amide bonds. The number of amides is 1. The zero-order valence-corrected chi connectivity index (χ0v) is 14.4. The van der Waals surface area contributed by atoms with Crippen LogP contribution in [-0.2, 0) is 11.2 Å². The molecule has 0 aliphatic rings. The minimum atomic E-state index is -0.136. The van der Waals surface area contributed by atoms with Gasteiger partial charge < -0.3 is 10.1 Å². The molecule has 22 heavy (non-hydrogen) atoms. The van der Waals surface area contributed by atoms with E-state index in [-0.39, 0.29) is 18.6 Å². The van der Waals surface area contributed by atoms with Crippen LogP contribution in [0, 0.1) is 0 Å². The van der Waals surface area contributed by atoms with E-state index in [2.05, 4.69) is 28.2 Å². The standard InChI is InChI=1S/C18H20BrNO2/c1-3-14-9-10-17(16(19)11-14)22-12-18(21)20-13(2)15-7-5-4-6-8-15/h4-11,13H,3,12H2,1-2H3,(H,20,21)/t13-/m0/s1. The molecule has 4 heteroatoms. The third-order valence-electron chi connectivity index (χ3n) is 3.44. The molecular weight excluding hydrogens is 342 g/mol. The fourth-order valence-electron chi connectivity index (χ4n) is 2.13. The predicted octanol–water partition coefficient (Wildman–Crippen LogP) is 4.27. The van der Waals surface area contributed by atoms with Gasteiger partial charge in [-0.1, -0.05) is 43.3 Å². The lowest BCUT2D eigenvalue weighted by Gasteiger charge is -2.15. The Kier molecular flexibility index (Phi) is 6.01. The first-order valence-electron chi connectivity index (χ1n) is 7.35. The Balaban J connectivity index is 1.88. The van der Waals surface area contributed by atoms with Crippen LogP contribution in [0.5, 0.6) is 5.75 Å². The largest absolute Gasteiger partial charge is 0.483 e. The number of halogens is 1. The third-order valence-corrected chi connectivity index (χ3v) is 4.06. The van der Waals surface area contributed by atoms with Crippen molar-refractivity contribution in [1.82, 2.24) is 5.32 Å². The third kappa shape index (κ3) is 4.60. The van der Waals surface area contributed by atoms with Crippen molar-refractivity contribution in [3.63, 3.8) is 0 Å². The molecule has 0 radical (unpaired) electrons. The van der Waals surface area contributed by atoms with Crippen molar-refractivity contribution in [1.29, 1.82) is 0 Å². The molecule has 0 saturated heterocycles. The Hall–Kier alpha value is -1.81. The zero-order valence-electron chi connectivity index (χ0n) is 12.8. The van der Waals surface area contributed by atoms with Gasteiger partial charge in [0.05, 0.1) is 10.5 Å². The van der Waals surface area contributed by atoms with Gasteiger partial charge in [0.25, 0.3) is 5.91 Å². The van der Waals surface area contributed by atoms with Crippen LogP contribution in [0.3, 0.4) is 0 Å². The Morgan fingerprint density at radius 3 is 2.59 bits per heavy atom. The summed E-state index contributed by atoms with van der Waals surface area (Å²) in [5.74, 6) is 0.544. The number of carbonyl (C=O) groups is 1. The highest BCUT2D eigenvalue weighted by Gasteiger charge is 2.10. The minimum Gasteiger partial charge on any atom is -0.483 e. The molecule has 0 saturated carbocycles. The van der Waals surface area contributed by atoms with Gasteiger partial charge in [-0.2, -0.15) is 0 Å². The maximum atomic E-state index is 12.0. The second-order valence-electron chi connectivity index (χ2n) is 5.11. The fourth-order valence-corrected chi connectivity index (χ4v) is 2.67. The number of aryl methyl sites for hydroxylation is 1. The summed E-state index contributed by atoms with van der Waals surface area (Å²) in [6.45, 7) is 4.06. The van der Waals surface area contributed by atoms with Crippen LogP contribution in [0.15, 0.2) is 53.0 Å². The van der Waals surface area contributed by atoms with Crippen LogP contribution in [0.25, 0.3) is 0 Å². The van der Waals surface area contributed by atoms with Crippen molar-refractivity contribution < 1.29 is 9.53 Å². The van der Waals surface area contributed by atoms with Gasteiger partial charge in [-0.05, 0) is 52.5 Å². The van der Waals surface area contributed by atoms with E-state index >= 15 is 0 Å². The van der Waals surface area contributed by atoms with Crippen molar-refractivity contribution in [2.45, 2.75) is 26.3 Å². The molecule has 0 unspecified atom stereocenters. The average Bonchev–Trinajstić information content (AvgIpc) is 2.54. The molecular formula is C18H20BrNO2. The quantitative estimate of drug-likeness (QED) is 0.834. The number of benzene rings is 2. The Labute approximate surface area is 139 Å². The first kappa shape index (κ1) is 16.6. The van der Waals surface area contributed by atoms with Crippen LogP contribution in [-0.4, -0.2) is 12.5 Å². The van der Waals surface area contributed by atoms with Crippen molar-refractivity contribution >= 4 is 21.8 Å². The topological polar surface area (TPSA) is 38.3 Å². The molecule has 1 N–H and O–H groups in total. The number of hydrogen-bond acceptors (Lipinski definition) is 2. The number of hydrogen-bond donors (Lipinski definition) is 1. The second kappa shape index (κ2) is 7.99. The Bertz CT molecular complexity index is 628. The summed E-state index contributed by atoms with van der Waals surface area (Å²) in [5.41, 5.74) is 2.30. The Morgan fingerprint density at radius 1 is 1.23 bits per heavy atom. The predicted molar refractivity (Wildman–Crippen MR) is 92.0 cm³/mol. The monoisotopic (exact) mass is 361 g/mol. The lowest BCUT2D eigenvalue weighted by atomic mass is 10.1. The first-order chi connectivity index (χ1) is 10.6. The van der Waals surface area contributed by atoms with E-state index in [1.54, 1.807) is 0 Å². The Morgan fingerprint density at radius 2 is 1.95 bits per heavy atom. The summed E-state index contributed by atoms with van der Waals surface area (Å²) in [6.07, 6.45) is 0.966. The van der Waals surface area contributed by atoms with Gasteiger partial charge >= 0.3 is 0 Å². The van der Waals surface area contributed by atoms with Crippen LogP contribution in [0.2, 0.25) is 0 Å². The maximum absolute atomic E-state index is 12.0. The summed E-state index contributed by atoms with van der Waals surface area (Å²) < 4.78 is 6.45. The van der Waals surface area contributed by atoms with Crippen LogP contribution < -0.4 is 10.1 Å². The van der Waals surface area contributed by atoms with Gasteiger partial charge in [0.15, 0.2) is 6.61 Å². The van der Waals surface area contributed by atoms with E-state index in [0.29, 0.717) is 5.75 Å². The lowest BCUT2D eigenvalue weighted by Crippen LogP contribution is -2.31.